The molecule has 0 aromatic heterocycles. The van der Waals surface area contributed by atoms with E-state index in [1.165, 1.54) is 12.1 Å². The minimum atomic E-state index is -0.836. The van der Waals surface area contributed by atoms with E-state index >= 15 is 0 Å². The molecule has 0 heterocycles. The number of aliphatic carboxylic acids is 1. The highest BCUT2D eigenvalue weighted by atomic mass is 79.9. The Morgan fingerprint density at radius 2 is 2.22 bits per heavy atom. The van der Waals surface area contributed by atoms with Crippen LogP contribution in [0.25, 0.3) is 0 Å². The van der Waals surface area contributed by atoms with Gasteiger partial charge in [-0.05, 0) is 34.8 Å². The first-order valence-corrected chi connectivity index (χ1v) is 6.58. The van der Waals surface area contributed by atoms with E-state index in [0.29, 0.717) is 10.2 Å². The number of hydrogen-bond donors (Lipinski definition) is 1. The fourth-order valence-electron chi connectivity index (χ4n) is 1.72. The summed E-state index contributed by atoms with van der Waals surface area (Å²) in [5, 5.41) is 8.79. The van der Waals surface area contributed by atoms with Gasteiger partial charge in [0.25, 0.3) is 0 Å². The summed E-state index contributed by atoms with van der Waals surface area (Å²) in [5.41, 5.74) is -0.290. The van der Waals surface area contributed by atoms with Gasteiger partial charge in [-0.1, -0.05) is 11.6 Å². The number of rotatable bonds is 5. The highest BCUT2D eigenvalue weighted by Gasteiger charge is 2.45. The molecule has 1 aliphatic carbocycles. The first kappa shape index (κ1) is 13.6. The van der Waals surface area contributed by atoms with Crippen molar-refractivity contribution in [3.63, 3.8) is 0 Å². The molecule has 0 spiro atoms. The number of hydrogen-bond acceptors (Lipinski definition) is 2. The van der Waals surface area contributed by atoms with Crippen LogP contribution in [0.3, 0.4) is 0 Å². The van der Waals surface area contributed by atoms with Crippen molar-refractivity contribution in [2.45, 2.75) is 19.3 Å². The molecule has 3 nitrogen and oxygen atoms in total. The summed E-state index contributed by atoms with van der Waals surface area (Å²) in [5.74, 6) is -1.05. The van der Waals surface area contributed by atoms with Gasteiger partial charge in [0.2, 0.25) is 0 Å². The van der Waals surface area contributed by atoms with Crippen molar-refractivity contribution in [3.05, 3.63) is 27.4 Å². The highest BCUT2D eigenvalue weighted by Crippen LogP contribution is 2.49. The van der Waals surface area contributed by atoms with E-state index in [4.69, 9.17) is 21.4 Å². The number of carbonyl (C=O) groups is 1. The minimum Gasteiger partial charge on any atom is -0.492 e. The number of carboxylic acid groups (broad SMARTS) is 1. The molecule has 1 saturated carbocycles. The SMILES string of the molecule is O=C(O)CC1(COc2cc(F)c(Cl)cc2Br)CC1. The van der Waals surface area contributed by atoms with Gasteiger partial charge < -0.3 is 9.84 Å². The topological polar surface area (TPSA) is 46.5 Å². The van der Waals surface area contributed by atoms with Crippen LogP contribution in [-0.2, 0) is 4.79 Å². The Bertz CT molecular complexity index is 488. The van der Waals surface area contributed by atoms with E-state index in [2.05, 4.69) is 15.9 Å². The number of benzene rings is 1. The maximum atomic E-state index is 13.3. The number of ether oxygens (including phenoxy) is 1. The summed E-state index contributed by atoms with van der Waals surface area (Å²) in [6.07, 6.45) is 1.74. The average molecular weight is 338 g/mol. The van der Waals surface area contributed by atoms with Crippen LogP contribution in [-0.4, -0.2) is 17.7 Å². The van der Waals surface area contributed by atoms with Gasteiger partial charge >= 0.3 is 5.97 Å². The predicted octanol–water partition coefficient (Wildman–Crippen LogP) is 3.88. The quantitative estimate of drug-likeness (QED) is 0.830. The van der Waals surface area contributed by atoms with Crippen LogP contribution >= 0.6 is 27.5 Å². The molecule has 0 bridgehead atoms. The third-order valence-corrected chi connectivity index (χ3v) is 3.90. The Hall–Kier alpha value is -0.810. The predicted molar refractivity (Wildman–Crippen MR) is 68.5 cm³/mol. The van der Waals surface area contributed by atoms with Gasteiger partial charge in [-0.2, -0.15) is 0 Å². The van der Waals surface area contributed by atoms with Gasteiger partial charge in [0.15, 0.2) is 0 Å². The lowest BCUT2D eigenvalue weighted by molar-refractivity contribution is -0.138. The third-order valence-electron chi connectivity index (χ3n) is 2.99. The second-order valence-electron chi connectivity index (χ2n) is 4.56. The second kappa shape index (κ2) is 5.05. The molecular formula is C12H11BrClFO3. The molecule has 0 atom stereocenters. The molecule has 18 heavy (non-hydrogen) atoms. The van der Waals surface area contributed by atoms with Crippen molar-refractivity contribution >= 4 is 33.5 Å². The normalized spacial score (nSPS) is 16.4. The van der Waals surface area contributed by atoms with Crippen LogP contribution in [0.4, 0.5) is 4.39 Å². The van der Waals surface area contributed by atoms with Gasteiger partial charge in [-0.15, -0.1) is 0 Å². The lowest BCUT2D eigenvalue weighted by Gasteiger charge is -2.15. The zero-order valence-electron chi connectivity index (χ0n) is 9.38. The Balaban J connectivity index is 2.03. The van der Waals surface area contributed by atoms with Crippen LogP contribution in [0, 0.1) is 11.2 Å². The monoisotopic (exact) mass is 336 g/mol. The Morgan fingerprint density at radius 1 is 1.56 bits per heavy atom. The van der Waals surface area contributed by atoms with Crippen molar-refractivity contribution in [1.82, 2.24) is 0 Å². The summed E-state index contributed by atoms with van der Waals surface area (Å²) in [7, 11) is 0. The molecule has 1 aliphatic rings. The fraction of sp³-hybridized carbons (Fsp3) is 0.417. The van der Waals surface area contributed by atoms with Crippen molar-refractivity contribution < 1.29 is 19.0 Å². The maximum Gasteiger partial charge on any atom is 0.304 e. The first-order valence-electron chi connectivity index (χ1n) is 5.41. The van der Waals surface area contributed by atoms with Crippen molar-refractivity contribution in [2.24, 2.45) is 5.41 Å². The van der Waals surface area contributed by atoms with Crippen molar-refractivity contribution in [3.8, 4) is 5.75 Å². The molecule has 0 saturated heterocycles. The molecule has 0 unspecified atom stereocenters. The highest BCUT2D eigenvalue weighted by molar-refractivity contribution is 9.10. The smallest absolute Gasteiger partial charge is 0.304 e. The zero-order chi connectivity index (χ0) is 13.3. The molecule has 1 aromatic rings. The maximum absolute atomic E-state index is 13.3. The van der Waals surface area contributed by atoms with Crippen LogP contribution in [0.15, 0.2) is 16.6 Å². The molecule has 1 fully saturated rings. The van der Waals surface area contributed by atoms with Gasteiger partial charge in [-0.25, -0.2) is 4.39 Å². The van der Waals surface area contributed by atoms with E-state index in [9.17, 15) is 9.18 Å². The lowest BCUT2D eigenvalue weighted by Crippen LogP contribution is -2.17. The lowest BCUT2D eigenvalue weighted by atomic mass is 10.0. The molecule has 0 aliphatic heterocycles. The van der Waals surface area contributed by atoms with E-state index in [0.717, 1.165) is 12.8 Å². The Labute approximate surface area is 117 Å². The fourth-order valence-corrected chi connectivity index (χ4v) is 2.47. The van der Waals surface area contributed by atoms with Gasteiger partial charge in [0.05, 0.1) is 22.5 Å². The number of carboxylic acids is 1. The second-order valence-corrected chi connectivity index (χ2v) is 5.82. The summed E-state index contributed by atoms with van der Waals surface area (Å²) in [4.78, 5) is 10.7. The van der Waals surface area contributed by atoms with Gasteiger partial charge in [0, 0.05) is 11.5 Å². The molecule has 98 valence electrons. The van der Waals surface area contributed by atoms with E-state index in [1.54, 1.807) is 0 Å². The Kier molecular flexibility index (Phi) is 3.82. The van der Waals surface area contributed by atoms with Crippen LogP contribution < -0.4 is 4.74 Å². The Morgan fingerprint density at radius 3 is 2.78 bits per heavy atom. The van der Waals surface area contributed by atoms with Crippen molar-refractivity contribution in [2.75, 3.05) is 6.61 Å². The average Bonchev–Trinajstić information content (AvgIpc) is 3.01. The van der Waals surface area contributed by atoms with Crippen LogP contribution in [0.2, 0.25) is 5.02 Å². The summed E-state index contributed by atoms with van der Waals surface area (Å²) in [6.45, 7) is 0.277. The molecular weight excluding hydrogens is 326 g/mol. The minimum absolute atomic E-state index is 0.0147. The van der Waals surface area contributed by atoms with Crippen molar-refractivity contribution in [1.29, 1.82) is 0 Å². The molecule has 1 aromatic carbocycles. The van der Waals surface area contributed by atoms with E-state index < -0.39 is 11.8 Å². The summed E-state index contributed by atoms with van der Waals surface area (Å²) < 4.78 is 19.3. The van der Waals surface area contributed by atoms with Crippen LogP contribution in [0.1, 0.15) is 19.3 Å². The molecule has 1 N–H and O–H groups in total. The van der Waals surface area contributed by atoms with Crippen LogP contribution in [0.5, 0.6) is 5.75 Å². The summed E-state index contributed by atoms with van der Waals surface area (Å²) in [6, 6.07) is 2.62. The molecule has 0 radical (unpaired) electrons. The molecule has 0 amide bonds. The van der Waals surface area contributed by atoms with E-state index in [-0.39, 0.29) is 23.5 Å². The standard InChI is InChI=1S/C12H11BrClFO3/c13-7-3-8(14)9(15)4-10(7)18-6-12(1-2-12)5-11(16)17/h3-4H,1-2,5-6H2,(H,16,17). The third kappa shape index (κ3) is 3.14. The van der Waals surface area contributed by atoms with E-state index in [1.807, 2.05) is 0 Å². The van der Waals surface area contributed by atoms with Gasteiger partial charge in [-0.3, -0.25) is 4.79 Å². The first-order chi connectivity index (χ1) is 8.42. The molecule has 2 rings (SSSR count). The summed E-state index contributed by atoms with van der Waals surface area (Å²) >= 11 is 8.85. The zero-order valence-corrected chi connectivity index (χ0v) is 11.7. The van der Waals surface area contributed by atoms with Gasteiger partial charge in [0.1, 0.15) is 11.6 Å². The largest absolute Gasteiger partial charge is 0.492 e. The molecule has 6 heteroatoms. The number of halogens is 3.